The van der Waals surface area contributed by atoms with Gasteiger partial charge in [0.25, 0.3) is 0 Å². The number of halogens is 1. The van der Waals surface area contributed by atoms with E-state index in [-0.39, 0.29) is 5.56 Å². The van der Waals surface area contributed by atoms with Crippen LogP contribution in [0.5, 0.6) is 0 Å². The molecule has 1 rings (SSSR count). The van der Waals surface area contributed by atoms with Crippen LogP contribution in [0, 0.1) is 11.7 Å². The zero-order chi connectivity index (χ0) is 12.8. The predicted octanol–water partition coefficient (Wildman–Crippen LogP) is 3.37. The minimum absolute atomic E-state index is 0.0189. The van der Waals surface area contributed by atoms with Gasteiger partial charge in [0.2, 0.25) is 0 Å². The Bertz CT molecular complexity index is 391. The first kappa shape index (κ1) is 13.5. The van der Waals surface area contributed by atoms with Crippen molar-refractivity contribution in [1.82, 2.24) is 0 Å². The Morgan fingerprint density at radius 3 is 2.76 bits per heavy atom. The smallest absolute Gasteiger partial charge is 0.337 e. The lowest BCUT2D eigenvalue weighted by Gasteiger charge is -2.10. The number of carboxylic acids is 1. The molecule has 0 aliphatic rings. The second kappa shape index (κ2) is 6.23. The highest BCUT2D eigenvalue weighted by molar-refractivity contribution is 5.94. The Morgan fingerprint density at radius 1 is 1.47 bits per heavy atom. The summed E-state index contributed by atoms with van der Waals surface area (Å²) in [5.74, 6) is -1.02. The fourth-order valence-electron chi connectivity index (χ4n) is 1.58. The molecule has 0 radical (unpaired) electrons. The van der Waals surface area contributed by atoms with Crippen LogP contribution < -0.4 is 5.32 Å². The Morgan fingerprint density at radius 2 is 2.18 bits per heavy atom. The molecule has 0 unspecified atom stereocenters. The predicted molar refractivity (Wildman–Crippen MR) is 65.9 cm³/mol. The van der Waals surface area contributed by atoms with Crippen molar-refractivity contribution in [2.24, 2.45) is 5.92 Å². The van der Waals surface area contributed by atoms with E-state index in [1.165, 1.54) is 12.1 Å². The maximum absolute atomic E-state index is 12.9. The van der Waals surface area contributed by atoms with E-state index in [0.717, 1.165) is 18.9 Å². The first-order chi connectivity index (χ1) is 8.00. The van der Waals surface area contributed by atoms with Gasteiger partial charge in [0, 0.05) is 12.2 Å². The third-order valence-electron chi connectivity index (χ3n) is 2.49. The Balaban J connectivity index is 2.61. The fourth-order valence-corrected chi connectivity index (χ4v) is 1.58. The van der Waals surface area contributed by atoms with Gasteiger partial charge in [-0.15, -0.1) is 0 Å². The van der Waals surface area contributed by atoms with E-state index in [1.54, 1.807) is 0 Å². The van der Waals surface area contributed by atoms with Crippen molar-refractivity contribution in [3.8, 4) is 0 Å². The Kier molecular flexibility index (Phi) is 4.94. The molecule has 0 bridgehead atoms. The van der Waals surface area contributed by atoms with E-state index in [1.807, 2.05) is 0 Å². The third kappa shape index (κ3) is 4.43. The number of hydrogen-bond acceptors (Lipinski definition) is 2. The topological polar surface area (TPSA) is 49.3 Å². The highest BCUT2D eigenvalue weighted by atomic mass is 19.1. The van der Waals surface area contributed by atoms with Crippen molar-refractivity contribution in [2.45, 2.75) is 26.7 Å². The van der Waals surface area contributed by atoms with Gasteiger partial charge < -0.3 is 10.4 Å². The highest BCUT2D eigenvalue weighted by Gasteiger charge is 2.10. The van der Waals surface area contributed by atoms with Crippen molar-refractivity contribution in [3.05, 3.63) is 29.6 Å². The Labute approximate surface area is 101 Å². The summed E-state index contributed by atoms with van der Waals surface area (Å²) >= 11 is 0. The summed E-state index contributed by atoms with van der Waals surface area (Å²) in [6, 6.07) is 3.76. The van der Waals surface area contributed by atoms with E-state index in [9.17, 15) is 9.18 Å². The number of rotatable bonds is 6. The number of benzene rings is 1. The van der Waals surface area contributed by atoms with Crippen LogP contribution in [0.1, 0.15) is 37.0 Å². The van der Waals surface area contributed by atoms with Crippen molar-refractivity contribution in [3.63, 3.8) is 0 Å². The van der Waals surface area contributed by atoms with Crippen molar-refractivity contribution < 1.29 is 14.3 Å². The number of carboxylic acid groups (broad SMARTS) is 1. The molecule has 4 heteroatoms. The van der Waals surface area contributed by atoms with Crippen LogP contribution in [0.2, 0.25) is 0 Å². The molecule has 0 atom stereocenters. The average Bonchev–Trinajstić information content (AvgIpc) is 2.25. The first-order valence-electron chi connectivity index (χ1n) is 5.77. The van der Waals surface area contributed by atoms with Crippen LogP contribution in [0.3, 0.4) is 0 Å². The first-order valence-corrected chi connectivity index (χ1v) is 5.77. The molecule has 0 aliphatic carbocycles. The summed E-state index contributed by atoms with van der Waals surface area (Å²) in [4.78, 5) is 10.9. The second-order valence-electron chi connectivity index (χ2n) is 4.46. The lowest BCUT2D eigenvalue weighted by Crippen LogP contribution is -2.08. The quantitative estimate of drug-likeness (QED) is 0.748. The van der Waals surface area contributed by atoms with Gasteiger partial charge in [-0.05, 0) is 37.0 Å². The SMILES string of the molecule is CC(C)CCCNc1ccc(F)cc1C(=O)O. The summed E-state index contributed by atoms with van der Waals surface area (Å²) in [5.41, 5.74) is 0.456. The highest BCUT2D eigenvalue weighted by Crippen LogP contribution is 2.17. The molecule has 2 N–H and O–H groups in total. The number of nitrogens with one attached hydrogen (secondary N) is 1. The average molecular weight is 239 g/mol. The van der Waals surface area contributed by atoms with Crippen LogP contribution in [-0.2, 0) is 0 Å². The van der Waals surface area contributed by atoms with Gasteiger partial charge in [0.1, 0.15) is 5.82 Å². The zero-order valence-electron chi connectivity index (χ0n) is 10.2. The normalized spacial score (nSPS) is 10.6. The van der Waals surface area contributed by atoms with E-state index in [4.69, 9.17) is 5.11 Å². The maximum Gasteiger partial charge on any atom is 0.337 e. The lowest BCUT2D eigenvalue weighted by molar-refractivity contribution is 0.0697. The fraction of sp³-hybridized carbons (Fsp3) is 0.462. The molecule has 0 spiro atoms. The largest absolute Gasteiger partial charge is 0.478 e. The van der Waals surface area contributed by atoms with Gasteiger partial charge in [-0.3, -0.25) is 0 Å². The molecule has 0 saturated carbocycles. The minimum atomic E-state index is -1.11. The molecule has 17 heavy (non-hydrogen) atoms. The van der Waals surface area contributed by atoms with Crippen molar-refractivity contribution >= 4 is 11.7 Å². The van der Waals surface area contributed by atoms with Gasteiger partial charge in [-0.25, -0.2) is 9.18 Å². The molecule has 1 aromatic rings. The molecule has 1 aromatic carbocycles. The molecule has 0 heterocycles. The molecule has 0 saturated heterocycles. The second-order valence-corrected chi connectivity index (χ2v) is 4.46. The molecular formula is C13H18FNO2. The molecular weight excluding hydrogens is 221 g/mol. The maximum atomic E-state index is 12.9. The van der Waals surface area contributed by atoms with E-state index < -0.39 is 11.8 Å². The third-order valence-corrected chi connectivity index (χ3v) is 2.49. The van der Waals surface area contributed by atoms with E-state index in [2.05, 4.69) is 19.2 Å². The van der Waals surface area contributed by atoms with Gasteiger partial charge in [-0.2, -0.15) is 0 Å². The molecule has 0 aliphatic heterocycles. The number of hydrogen-bond donors (Lipinski definition) is 2. The molecule has 0 amide bonds. The summed E-state index contributed by atoms with van der Waals surface area (Å²) < 4.78 is 12.9. The van der Waals surface area contributed by atoms with Crippen LogP contribution in [0.4, 0.5) is 10.1 Å². The summed E-state index contributed by atoms with van der Waals surface area (Å²) in [5, 5.41) is 12.0. The zero-order valence-corrected chi connectivity index (χ0v) is 10.2. The molecule has 0 aromatic heterocycles. The van der Waals surface area contributed by atoms with Crippen molar-refractivity contribution in [1.29, 1.82) is 0 Å². The van der Waals surface area contributed by atoms with Crippen LogP contribution in [-0.4, -0.2) is 17.6 Å². The molecule has 0 fully saturated rings. The van der Waals surface area contributed by atoms with Gasteiger partial charge in [0.15, 0.2) is 0 Å². The molecule has 3 nitrogen and oxygen atoms in total. The van der Waals surface area contributed by atoms with E-state index >= 15 is 0 Å². The number of aromatic carboxylic acids is 1. The Hall–Kier alpha value is -1.58. The van der Waals surface area contributed by atoms with Crippen molar-refractivity contribution in [2.75, 3.05) is 11.9 Å². The van der Waals surface area contributed by atoms with Crippen LogP contribution in [0.15, 0.2) is 18.2 Å². The summed E-state index contributed by atoms with van der Waals surface area (Å²) in [6.45, 7) is 4.98. The van der Waals surface area contributed by atoms with Gasteiger partial charge in [-0.1, -0.05) is 13.8 Å². The van der Waals surface area contributed by atoms with Crippen LogP contribution >= 0.6 is 0 Å². The van der Waals surface area contributed by atoms with Gasteiger partial charge in [0.05, 0.1) is 5.56 Å². The lowest BCUT2D eigenvalue weighted by atomic mass is 10.1. The van der Waals surface area contributed by atoms with Gasteiger partial charge >= 0.3 is 5.97 Å². The summed E-state index contributed by atoms with van der Waals surface area (Å²) in [7, 11) is 0. The number of anilines is 1. The van der Waals surface area contributed by atoms with Crippen LogP contribution in [0.25, 0.3) is 0 Å². The number of carbonyl (C=O) groups is 1. The summed E-state index contributed by atoms with van der Waals surface area (Å²) in [6.07, 6.45) is 2.05. The monoisotopic (exact) mass is 239 g/mol. The standard InChI is InChI=1S/C13H18FNO2/c1-9(2)4-3-7-15-12-6-5-10(14)8-11(12)13(16)17/h5-6,8-9,15H,3-4,7H2,1-2H3,(H,16,17). The minimum Gasteiger partial charge on any atom is -0.478 e. The molecule has 94 valence electrons. The van der Waals surface area contributed by atoms with E-state index in [0.29, 0.717) is 18.2 Å².